The molecule has 2 N–H and O–H groups in total. The number of aromatic nitrogens is 2. The summed E-state index contributed by atoms with van der Waals surface area (Å²) in [6.45, 7) is 0. The molecule has 2 aliphatic rings. The molecule has 2 heterocycles. The first-order chi connectivity index (χ1) is 12.7. The van der Waals surface area contributed by atoms with E-state index in [1.165, 1.54) is 0 Å². The number of nitrogens with one attached hydrogen (secondary N) is 2. The van der Waals surface area contributed by atoms with Gasteiger partial charge in [-0.1, -0.05) is 11.2 Å². The Morgan fingerprint density at radius 2 is 1.96 bits per heavy atom. The predicted molar refractivity (Wildman–Crippen MR) is 97.6 cm³/mol. The maximum absolute atomic E-state index is 12.4. The lowest BCUT2D eigenvalue weighted by Crippen LogP contribution is -2.19. The van der Waals surface area contributed by atoms with Crippen molar-refractivity contribution >= 4 is 22.5 Å². The number of rotatable bonds is 3. The van der Waals surface area contributed by atoms with Gasteiger partial charge in [0, 0.05) is 28.6 Å². The van der Waals surface area contributed by atoms with E-state index < -0.39 is 0 Å². The lowest BCUT2D eigenvalue weighted by Gasteiger charge is -2.17. The lowest BCUT2D eigenvalue weighted by atomic mass is 9.90. The fourth-order valence-electron chi connectivity index (χ4n) is 3.79. The Hall–Kier alpha value is -2.89. The summed E-state index contributed by atoms with van der Waals surface area (Å²) in [4.78, 5) is 27.7. The van der Waals surface area contributed by atoms with Crippen LogP contribution in [0, 0.1) is 0 Å². The molecule has 0 radical (unpaired) electrons. The van der Waals surface area contributed by atoms with E-state index in [4.69, 9.17) is 4.52 Å². The third kappa shape index (κ3) is 2.62. The van der Waals surface area contributed by atoms with Crippen molar-refractivity contribution in [2.24, 2.45) is 0 Å². The Labute approximate surface area is 149 Å². The van der Waals surface area contributed by atoms with Gasteiger partial charge in [-0.15, -0.1) is 0 Å². The van der Waals surface area contributed by atoms with Gasteiger partial charge in [0.05, 0.1) is 5.52 Å². The number of hydrogen-bond acceptors (Lipinski definition) is 4. The van der Waals surface area contributed by atoms with E-state index in [9.17, 15) is 9.59 Å². The van der Waals surface area contributed by atoms with Gasteiger partial charge < -0.3 is 14.8 Å². The number of benzene rings is 1. The zero-order valence-corrected chi connectivity index (χ0v) is 14.3. The predicted octanol–water partition coefficient (Wildman–Crippen LogP) is 3.52. The van der Waals surface area contributed by atoms with Crippen molar-refractivity contribution in [2.75, 3.05) is 5.32 Å². The minimum Gasteiger partial charge on any atom is -0.360 e. The van der Waals surface area contributed by atoms with E-state index in [1.807, 2.05) is 18.2 Å². The van der Waals surface area contributed by atoms with Gasteiger partial charge in [-0.05, 0) is 56.2 Å². The summed E-state index contributed by atoms with van der Waals surface area (Å²) in [7, 11) is 0. The molecule has 1 saturated carbocycles. The molecule has 0 aliphatic heterocycles. The number of aryl methyl sites for hydroxylation is 1. The van der Waals surface area contributed by atoms with E-state index in [0.717, 1.165) is 66.3 Å². The Bertz CT molecular complexity index is 1080. The Morgan fingerprint density at radius 1 is 1.15 bits per heavy atom. The van der Waals surface area contributed by atoms with Gasteiger partial charge in [0.15, 0.2) is 5.69 Å². The quantitative estimate of drug-likeness (QED) is 0.757. The van der Waals surface area contributed by atoms with Gasteiger partial charge in [-0.2, -0.15) is 0 Å². The Morgan fingerprint density at radius 3 is 2.77 bits per heavy atom. The first-order valence-electron chi connectivity index (χ1n) is 9.15. The highest BCUT2D eigenvalue weighted by atomic mass is 16.5. The van der Waals surface area contributed by atoms with Crippen LogP contribution in [0.15, 0.2) is 33.6 Å². The van der Waals surface area contributed by atoms with Crippen molar-refractivity contribution in [3.8, 4) is 0 Å². The van der Waals surface area contributed by atoms with Gasteiger partial charge in [0.25, 0.3) is 11.5 Å². The Kier molecular flexibility index (Phi) is 3.45. The standard InChI is InChI=1S/C20H19N3O3/c24-19-15-4-2-1-3-13(15)14-8-7-12(9-16(14)22-19)21-20(25)17-10-18(26-23-17)11-5-6-11/h7-11H,1-6H2,(H,21,25)(H,22,24). The molecule has 2 aromatic heterocycles. The van der Waals surface area contributed by atoms with Gasteiger partial charge in [0.1, 0.15) is 5.76 Å². The first kappa shape index (κ1) is 15.4. The zero-order chi connectivity index (χ0) is 17.7. The molecule has 6 heteroatoms. The SMILES string of the molecule is O=C(Nc1ccc2c3c(c(=O)[nH]c2c1)CCCC3)c1cc(C2CC2)on1. The summed E-state index contributed by atoms with van der Waals surface area (Å²) in [5, 5.41) is 7.77. The largest absolute Gasteiger partial charge is 0.360 e. The van der Waals surface area contributed by atoms with Crippen molar-refractivity contribution in [3.05, 3.63) is 57.2 Å². The Balaban J connectivity index is 1.45. The molecule has 1 amide bonds. The number of amides is 1. The molecule has 132 valence electrons. The summed E-state index contributed by atoms with van der Waals surface area (Å²) in [5.74, 6) is 0.894. The lowest BCUT2D eigenvalue weighted by molar-refractivity contribution is 0.101. The maximum atomic E-state index is 12.4. The van der Waals surface area contributed by atoms with Gasteiger partial charge in [0.2, 0.25) is 0 Å². The number of anilines is 1. The van der Waals surface area contributed by atoms with Crippen LogP contribution >= 0.6 is 0 Å². The van der Waals surface area contributed by atoms with Crippen LogP contribution in [-0.4, -0.2) is 16.0 Å². The number of pyridine rings is 1. The van der Waals surface area contributed by atoms with E-state index >= 15 is 0 Å². The van der Waals surface area contributed by atoms with Gasteiger partial charge in [-0.25, -0.2) is 0 Å². The highest BCUT2D eigenvalue weighted by molar-refractivity contribution is 6.03. The number of nitrogens with zero attached hydrogens (tertiary/aromatic N) is 1. The molecule has 0 spiro atoms. The molecular weight excluding hydrogens is 330 g/mol. The van der Waals surface area contributed by atoms with Crippen molar-refractivity contribution in [1.29, 1.82) is 0 Å². The van der Waals surface area contributed by atoms with E-state index in [0.29, 0.717) is 11.6 Å². The summed E-state index contributed by atoms with van der Waals surface area (Å²) in [5.41, 5.74) is 3.72. The van der Waals surface area contributed by atoms with Crippen LogP contribution < -0.4 is 10.9 Å². The van der Waals surface area contributed by atoms with E-state index in [2.05, 4.69) is 15.5 Å². The maximum Gasteiger partial charge on any atom is 0.277 e. The molecule has 2 aliphatic carbocycles. The number of carbonyl (C=O) groups is 1. The topological polar surface area (TPSA) is 88.0 Å². The second kappa shape index (κ2) is 5.83. The van der Waals surface area contributed by atoms with Crippen molar-refractivity contribution < 1.29 is 9.32 Å². The highest BCUT2D eigenvalue weighted by Gasteiger charge is 2.29. The summed E-state index contributed by atoms with van der Waals surface area (Å²) >= 11 is 0. The minimum atomic E-state index is -0.305. The minimum absolute atomic E-state index is 0.0127. The molecule has 0 saturated heterocycles. The summed E-state index contributed by atoms with van der Waals surface area (Å²) < 4.78 is 5.24. The van der Waals surface area contributed by atoms with E-state index in [-0.39, 0.29) is 17.2 Å². The van der Waals surface area contributed by atoms with Gasteiger partial charge >= 0.3 is 0 Å². The zero-order valence-electron chi connectivity index (χ0n) is 14.3. The average Bonchev–Trinajstić information content (AvgIpc) is 3.38. The number of hydrogen-bond donors (Lipinski definition) is 2. The summed E-state index contributed by atoms with van der Waals surface area (Å²) in [6, 6.07) is 7.37. The second-order valence-electron chi connectivity index (χ2n) is 7.22. The normalized spacial score (nSPS) is 16.5. The first-order valence-corrected chi connectivity index (χ1v) is 9.15. The monoisotopic (exact) mass is 349 g/mol. The van der Waals surface area contributed by atoms with Crippen LogP contribution in [0.2, 0.25) is 0 Å². The van der Waals surface area contributed by atoms with Crippen LogP contribution in [-0.2, 0) is 12.8 Å². The molecule has 0 bridgehead atoms. The molecule has 0 unspecified atom stereocenters. The van der Waals surface area contributed by atoms with Crippen LogP contribution in [0.25, 0.3) is 10.9 Å². The second-order valence-corrected chi connectivity index (χ2v) is 7.22. The van der Waals surface area contributed by atoms with Crippen LogP contribution in [0.5, 0.6) is 0 Å². The van der Waals surface area contributed by atoms with Crippen LogP contribution in [0.1, 0.15) is 59.0 Å². The third-order valence-electron chi connectivity index (χ3n) is 5.33. The molecule has 1 aromatic carbocycles. The van der Waals surface area contributed by atoms with Crippen LogP contribution in [0.3, 0.4) is 0 Å². The molecule has 1 fully saturated rings. The molecule has 0 atom stereocenters. The van der Waals surface area contributed by atoms with Crippen molar-refractivity contribution in [1.82, 2.24) is 10.1 Å². The van der Waals surface area contributed by atoms with Gasteiger partial charge in [-0.3, -0.25) is 9.59 Å². The number of H-pyrrole nitrogens is 1. The number of fused-ring (bicyclic) bond motifs is 3. The molecule has 3 aromatic rings. The average molecular weight is 349 g/mol. The molecule has 5 rings (SSSR count). The van der Waals surface area contributed by atoms with Crippen LogP contribution in [0.4, 0.5) is 5.69 Å². The number of aromatic amines is 1. The number of carbonyl (C=O) groups excluding carboxylic acids is 1. The molecule has 6 nitrogen and oxygen atoms in total. The molecular formula is C20H19N3O3. The summed E-state index contributed by atoms with van der Waals surface area (Å²) in [6.07, 6.45) is 6.14. The smallest absolute Gasteiger partial charge is 0.277 e. The third-order valence-corrected chi connectivity index (χ3v) is 5.33. The fraction of sp³-hybridized carbons (Fsp3) is 0.350. The highest BCUT2D eigenvalue weighted by Crippen LogP contribution is 2.40. The van der Waals surface area contributed by atoms with Crippen molar-refractivity contribution in [3.63, 3.8) is 0 Å². The van der Waals surface area contributed by atoms with Crippen molar-refractivity contribution in [2.45, 2.75) is 44.4 Å². The molecule has 26 heavy (non-hydrogen) atoms. The van der Waals surface area contributed by atoms with E-state index in [1.54, 1.807) is 6.07 Å². The fourth-order valence-corrected chi connectivity index (χ4v) is 3.79.